The highest BCUT2D eigenvalue weighted by Gasteiger charge is 2.35. The average molecular weight is 347 g/mol. The number of hydrogen-bond donors (Lipinski definition) is 0. The Kier molecular flexibility index (Phi) is 5.46. The fraction of sp³-hybridized carbons (Fsp3) is 0.571. The molecule has 0 aromatic heterocycles. The molecule has 0 spiro atoms. The second-order valence-electron chi connectivity index (χ2n) is 5.43. The predicted octanol–water partition coefficient (Wildman–Crippen LogP) is 0.904. The summed E-state index contributed by atoms with van der Waals surface area (Å²) in [5.41, 5.74) is 0. The van der Waals surface area contributed by atoms with Gasteiger partial charge in [-0.25, -0.2) is 21.1 Å². The highest BCUT2D eigenvalue weighted by molar-refractivity contribution is 7.91. The largest absolute Gasteiger partial charge is 0.494 e. The fourth-order valence-corrected chi connectivity index (χ4v) is 4.99. The Morgan fingerprint density at radius 2 is 1.86 bits per heavy atom. The van der Waals surface area contributed by atoms with Gasteiger partial charge in [-0.2, -0.15) is 0 Å². The SMILES string of the molecule is CS(=O)(=O)C1CCN(S(=O)(=O)CCCOc2ccccc2)C1. The fourth-order valence-electron chi connectivity index (χ4n) is 2.38. The summed E-state index contributed by atoms with van der Waals surface area (Å²) in [6, 6.07) is 9.20. The summed E-state index contributed by atoms with van der Waals surface area (Å²) in [5, 5.41) is -0.581. The number of sulfonamides is 1. The zero-order chi connectivity index (χ0) is 16.2. The van der Waals surface area contributed by atoms with Crippen molar-refractivity contribution < 1.29 is 21.6 Å². The quantitative estimate of drug-likeness (QED) is 0.685. The molecule has 1 saturated heterocycles. The third kappa shape index (κ3) is 4.69. The Morgan fingerprint density at radius 1 is 1.18 bits per heavy atom. The molecule has 1 aromatic rings. The summed E-state index contributed by atoms with van der Waals surface area (Å²) in [4.78, 5) is 0. The van der Waals surface area contributed by atoms with E-state index in [0.29, 0.717) is 25.2 Å². The Bertz CT molecular complexity index is 685. The Balaban J connectivity index is 1.80. The van der Waals surface area contributed by atoms with Gasteiger partial charge in [-0.1, -0.05) is 18.2 Å². The molecule has 0 radical (unpaired) electrons. The van der Waals surface area contributed by atoms with Crippen LogP contribution in [0.2, 0.25) is 0 Å². The zero-order valence-corrected chi connectivity index (χ0v) is 14.1. The third-order valence-corrected chi connectivity index (χ3v) is 7.18. The molecule has 0 N–H and O–H groups in total. The van der Waals surface area contributed by atoms with Crippen molar-refractivity contribution in [1.82, 2.24) is 4.31 Å². The standard InChI is InChI=1S/C14H21NO5S2/c1-21(16,17)14-8-9-15(12-14)22(18,19)11-5-10-20-13-6-3-2-4-7-13/h2-4,6-7,14H,5,8-12H2,1H3. The summed E-state index contributed by atoms with van der Waals surface area (Å²) in [6.07, 6.45) is 1.90. The lowest BCUT2D eigenvalue weighted by atomic mass is 10.3. The molecule has 0 amide bonds. The van der Waals surface area contributed by atoms with Gasteiger partial charge < -0.3 is 4.74 Å². The minimum atomic E-state index is -3.42. The minimum absolute atomic E-state index is 0.0314. The maximum Gasteiger partial charge on any atom is 0.214 e. The first-order chi connectivity index (χ1) is 10.3. The van der Waals surface area contributed by atoms with Crippen LogP contribution in [0.25, 0.3) is 0 Å². The minimum Gasteiger partial charge on any atom is -0.494 e. The van der Waals surface area contributed by atoms with E-state index < -0.39 is 25.1 Å². The Morgan fingerprint density at radius 3 is 2.45 bits per heavy atom. The normalized spacial score (nSPS) is 20.1. The molecule has 22 heavy (non-hydrogen) atoms. The van der Waals surface area contributed by atoms with Crippen LogP contribution in [0, 0.1) is 0 Å². The van der Waals surface area contributed by atoms with Gasteiger partial charge in [0.2, 0.25) is 10.0 Å². The summed E-state index contributed by atoms with van der Waals surface area (Å²) in [6.45, 7) is 0.660. The number of nitrogens with zero attached hydrogens (tertiary/aromatic N) is 1. The van der Waals surface area contributed by atoms with E-state index >= 15 is 0 Å². The number of benzene rings is 1. The Hall–Kier alpha value is -1.12. The van der Waals surface area contributed by atoms with E-state index in [1.54, 1.807) is 0 Å². The molecular weight excluding hydrogens is 326 g/mol. The number of hydrogen-bond acceptors (Lipinski definition) is 5. The van der Waals surface area contributed by atoms with Crippen molar-refractivity contribution in [2.24, 2.45) is 0 Å². The molecule has 0 aliphatic carbocycles. The van der Waals surface area contributed by atoms with Crippen molar-refractivity contribution in [2.45, 2.75) is 18.1 Å². The highest BCUT2D eigenvalue weighted by atomic mass is 32.2. The maximum absolute atomic E-state index is 12.2. The summed E-state index contributed by atoms with van der Waals surface area (Å²) < 4.78 is 54.1. The molecule has 6 nitrogen and oxygen atoms in total. The number of para-hydroxylation sites is 1. The molecule has 1 fully saturated rings. The van der Waals surface area contributed by atoms with Crippen molar-refractivity contribution in [2.75, 3.05) is 31.7 Å². The van der Waals surface area contributed by atoms with Gasteiger partial charge in [0, 0.05) is 19.3 Å². The second kappa shape index (κ2) is 6.97. The molecule has 8 heteroatoms. The van der Waals surface area contributed by atoms with Crippen LogP contribution in [-0.2, 0) is 19.9 Å². The second-order valence-corrected chi connectivity index (χ2v) is 9.84. The molecule has 1 atom stereocenters. The van der Waals surface area contributed by atoms with E-state index in [-0.39, 0.29) is 18.8 Å². The van der Waals surface area contributed by atoms with Crippen LogP contribution in [-0.4, -0.2) is 58.1 Å². The topological polar surface area (TPSA) is 80.8 Å². The van der Waals surface area contributed by atoms with Crippen LogP contribution >= 0.6 is 0 Å². The molecule has 2 rings (SSSR count). The van der Waals surface area contributed by atoms with E-state index in [1.807, 2.05) is 30.3 Å². The molecular formula is C14H21NO5S2. The smallest absolute Gasteiger partial charge is 0.214 e. The lowest BCUT2D eigenvalue weighted by Gasteiger charge is -2.16. The first-order valence-electron chi connectivity index (χ1n) is 7.13. The van der Waals surface area contributed by atoms with Crippen molar-refractivity contribution in [3.63, 3.8) is 0 Å². The molecule has 1 aromatic carbocycles. The van der Waals surface area contributed by atoms with Gasteiger partial charge in [0.05, 0.1) is 17.6 Å². The van der Waals surface area contributed by atoms with Crippen LogP contribution in [0.1, 0.15) is 12.8 Å². The van der Waals surface area contributed by atoms with Crippen molar-refractivity contribution in [3.05, 3.63) is 30.3 Å². The van der Waals surface area contributed by atoms with Crippen molar-refractivity contribution in [1.29, 1.82) is 0 Å². The van der Waals surface area contributed by atoms with Crippen LogP contribution in [0.4, 0.5) is 0 Å². The van der Waals surface area contributed by atoms with Gasteiger partial charge in [0.25, 0.3) is 0 Å². The Labute approximate surface area is 132 Å². The number of rotatable bonds is 7. The van der Waals surface area contributed by atoms with E-state index in [9.17, 15) is 16.8 Å². The molecule has 0 saturated carbocycles. The number of sulfone groups is 1. The van der Waals surface area contributed by atoms with Gasteiger partial charge >= 0.3 is 0 Å². The van der Waals surface area contributed by atoms with E-state index in [2.05, 4.69) is 0 Å². The van der Waals surface area contributed by atoms with Gasteiger partial charge in [0.1, 0.15) is 5.75 Å². The highest BCUT2D eigenvalue weighted by Crippen LogP contribution is 2.20. The van der Waals surface area contributed by atoms with Crippen LogP contribution in [0.5, 0.6) is 5.75 Å². The van der Waals surface area contributed by atoms with E-state index in [4.69, 9.17) is 4.74 Å². The molecule has 1 unspecified atom stereocenters. The molecule has 1 aliphatic heterocycles. The average Bonchev–Trinajstić information content (AvgIpc) is 2.95. The molecule has 0 bridgehead atoms. The van der Waals surface area contributed by atoms with Crippen LogP contribution < -0.4 is 4.74 Å². The molecule has 1 heterocycles. The van der Waals surface area contributed by atoms with Crippen molar-refractivity contribution in [3.8, 4) is 5.75 Å². The van der Waals surface area contributed by atoms with Crippen molar-refractivity contribution >= 4 is 19.9 Å². The monoisotopic (exact) mass is 347 g/mol. The van der Waals surface area contributed by atoms with Gasteiger partial charge in [-0.3, -0.25) is 0 Å². The summed E-state index contributed by atoms with van der Waals surface area (Å²) in [5.74, 6) is 0.675. The van der Waals surface area contributed by atoms with Gasteiger partial charge in [-0.05, 0) is 25.0 Å². The van der Waals surface area contributed by atoms with Crippen LogP contribution in [0.3, 0.4) is 0 Å². The zero-order valence-electron chi connectivity index (χ0n) is 12.5. The summed E-state index contributed by atoms with van der Waals surface area (Å²) in [7, 11) is -6.61. The summed E-state index contributed by atoms with van der Waals surface area (Å²) >= 11 is 0. The van der Waals surface area contributed by atoms with Gasteiger partial charge in [-0.15, -0.1) is 0 Å². The first-order valence-corrected chi connectivity index (χ1v) is 10.7. The maximum atomic E-state index is 12.2. The molecule has 124 valence electrons. The lowest BCUT2D eigenvalue weighted by Crippen LogP contribution is -2.33. The van der Waals surface area contributed by atoms with E-state index in [0.717, 1.165) is 6.26 Å². The van der Waals surface area contributed by atoms with Crippen LogP contribution in [0.15, 0.2) is 30.3 Å². The third-order valence-electron chi connectivity index (χ3n) is 3.67. The van der Waals surface area contributed by atoms with Gasteiger partial charge in [0.15, 0.2) is 9.84 Å². The van der Waals surface area contributed by atoms with E-state index in [1.165, 1.54) is 4.31 Å². The number of ether oxygens (including phenoxy) is 1. The lowest BCUT2D eigenvalue weighted by molar-refractivity contribution is 0.316. The first kappa shape index (κ1) is 17.2. The molecule has 1 aliphatic rings. The predicted molar refractivity (Wildman–Crippen MR) is 85.2 cm³/mol.